The number of nitrogens with zero attached hydrogens (tertiary/aromatic N) is 2. The highest BCUT2D eigenvalue weighted by Gasteiger charge is 2.40. The van der Waals surface area contributed by atoms with Crippen molar-refractivity contribution in [1.82, 2.24) is 41.3 Å². The van der Waals surface area contributed by atoms with Crippen LogP contribution in [0.3, 0.4) is 0 Å². The van der Waals surface area contributed by atoms with E-state index in [0.29, 0.717) is 57.7 Å². The molecule has 29 nitrogen and oxygen atoms in total. The highest BCUT2D eigenvalue weighted by molar-refractivity contribution is 7.90. The van der Waals surface area contributed by atoms with Gasteiger partial charge >= 0.3 is 18.0 Å². The number of rotatable bonds is 28. The maximum atomic E-state index is 14.3. The maximum Gasteiger partial charge on any atom is 0.407 e. The maximum absolute atomic E-state index is 14.3. The van der Waals surface area contributed by atoms with E-state index in [0.717, 1.165) is 33.4 Å². The minimum Gasteiger partial charge on any atom is -0.487 e. The van der Waals surface area contributed by atoms with E-state index in [1.54, 1.807) is 62.3 Å². The number of aliphatic carboxylic acids is 1. The Morgan fingerprint density at radius 2 is 0.950 bits per heavy atom. The molecule has 0 spiro atoms. The first-order chi connectivity index (χ1) is 46.9. The molecule has 101 heavy (non-hydrogen) atoms. The first-order valence-electron chi connectivity index (χ1n) is 33.3. The normalized spacial score (nSPS) is 16.3. The topological polar surface area (TPSA) is 435 Å². The summed E-state index contributed by atoms with van der Waals surface area (Å²) >= 11 is 0. The molecule has 0 fully saturated rings. The first kappa shape index (κ1) is 78.8. The number of esters is 1. The fourth-order valence-electron chi connectivity index (χ4n) is 12.5. The average molecular weight is 1440 g/mol. The number of hydrogen-bond acceptors (Lipinski definition) is 18. The van der Waals surface area contributed by atoms with Crippen molar-refractivity contribution in [3.63, 3.8) is 0 Å². The molecule has 4 aromatic rings. The summed E-state index contributed by atoms with van der Waals surface area (Å²) < 4.78 is 83.8. The van der Waals surface area contributed by atoms with Crippen molar-refractivity contribution < 1.29 is 79.2 Å². The molecular formula is C70H96N12O17S2. The molecule has 6 atom stereocenters. The number of sulfonamides is 2. The zero-order valence-electron chi connectivity index (χ0n) is 60.1. The van der Waals surface area contributed by atoms with Crippen molar-refractivity contribution in [1.29, 1.82) is 0 Å². The van der Waals surface area contributed by atoms with Gasteiger partial charge in [0.15, 0.2) is 0 Å². The molecule has 4 aromatic carbocycles. The third-order valence-corrected chi connectivity index (χ3v) is 21.0. The Balaban J connectivity index is 1.02. The van der Waals surface area contributed by atoms with Crippen LogP contribution in [0, 0.1) is 41.5 Å². The van der Waals surface area contributed by atoms with Gasteiger partial charge in [0.05, 0.1) is 16.2 Å². The number of carboxylic acids is 1. The van der Waals surface area contributed by atoms with Crippen LogP contribution in [0.1, 0.15) is 163 Å². The van der Waals surface area contributed by atoms with E-state index in [2.05, 4.69) is 51.3 Å². The van der Waals surface area contributed by atoms with Gasteiger partial charge in [0.25, 0.3) is 20.0 Å². The molecule has 0 unspecified atom stereocenters. The number of carbonyl (C=O) groups excluding carboxylic acids is 7. The van der Waals surface area contributed by atoms with Gasteiger partial charge in [0.2, 0.25) is 41.5 Å². The summed E-state index contributed by atoms with van der Waals surface area (Å²) in [6.45, 7) is 25.8. The first-order valence-corrected chi connectivity index (χ1v) is 36.3. The highest BCUT2D eigenvalue weighted by Crippen LogP contribution is 2.47. The van der Waals surface area contributed by atoms with Crippen molar-refractivity contribution in [2.24, 2.45) is 21.5 Å². The lowest BCUT2D eigenvalue weighted by Crippen LogP contribution is -2.59. The fourth-order valence-corrected chi connectivity index (χ4v) is 15.6. The van der Waals surface area contributed by atoms with Gasteiger partial charge < -0.3 is 67.4 Å². The molecule has 1 aliphatic carbocycles. The van der Waals surface area contributed by atoms with Crippen LogP contribution in [0.2, 0.25) is 0 Å². The number of carbonyl (C=O) groups is 8. The third-order valence-electron chi connectivity index (χ3n) is 17.7. The Morgan fingerprint density at radius 1 is 0.564 bits per heavy atom. The Bertz CT molecular complexity index is 4180. The van der Waals surface area contributed by atoms with Crippen LogP contribution in [0.4, 0.5) is 4.79 Å². The minimum absolute atomic E-state index is 0.00580. The lowest BCUT2D eigenvalue weighted by Gasteiger charge is -2.26. The second-order valence-electron chi connectivity index (χ2n) is 28.1. The van der Waals surface area contributed by atoms with Crippen LogP contribution >= 0.6 is 0 Å². The number of benzene rings is 4. The smallest absolute Gasteiger partial charge is 0.407 e. The molecule has 6 amide bonds. The van der Waals surface area contributed by atoms with E-state index in [-0.39, 0.29) is 61.1 Å². The summed E-state index contributed by atoms with van der Waals surface area (Å²) in [6, 6.07) is 6.22. The molecule has 0 bridgehead atoms. The number of ether oxygens (including phenoxy) is 4. The second kappa shape index (κ2) is 31.6. The van der Waals surface area contributed by atoms with E-state index in [4.69, 9.17) is 30.4 Å². The quantitative estimate of drug-likeness (QED) is 0.0160. The standard InChI is InChI=1S/C70H96N12O17S2/c1-35-37(3)57(39(5)48-32-69(13,14)98-55(35)48)100(92,93)81-65(71)73-29-21-27-51(61(86)77-43(9)64(89)90)78-59(84)41(7)76-63(88)53(31-54(83)97-68(10,11)12)79-60(85)42(8)75-62(87)52(80-67(91)96-34-50-46-25-19-17-23-44(46)45-24-18-20-26-47(45)50)28-22-30-74-66(72)82-101(94,95)58-38(4)36(2)56-49(40(58)6)33-70(15,16)99-56/h17-20,23-26,41-43,50-53H,21-22,27-34H2,1-16H3,(H,75,87)(H,76,88)(H,77,86)(H,78,84)(H,79,85)(H,80,91)(H,89,90)(H3,71,73,81)(H3,72,74,82)/t41-,42-,43-,51-,52-,53-/m0/s1. The Hall–Kier alpha value is -9.52. The minimum atomic E-state index is -4.29. The Kier molecular flexibility index (Phi) is 24.6. The summed E-state index contributed by atoms with van der Waals surface area (Å²) in [5.74, 6) is -7.32. The van der Waals surface area contributed by atoms with Crippen LogP contribution in [0.5, 0.6) is 11.5 Å². The number of nitrogens with one attached hydrogen (secondary N) is 8. The van der Waals surface area contributed by atoms with Crippen LogP contribution < -0.4 is 62.3 Å². The number of aliphatic imine (C=N–C) groups is 2. The summed E-state index contributed by atoms with van der Waals surface area (Å²) in [6.07, 6.45) is -1.25. The van der Waals surface area contributed by atoms with Crippen LogP contribution in [-0.4, -0.2) is 154 Å². The van der Waals surface area contributed by atoms with Crippen molar-refractivity contribution in [3.05, 3.63) is 104 Å². The number of amides is 6. The van der Waals surface area contributed by atoms with Gasteiger partial charge in [-0.05, 0) is 192 Å². The summed E-state index contributed by atoms with van der Waals surface area (Å²) in [7, 11) is -8.57. The number of guanidine groups is 2. The predicted molar refractivity (Wildman–Crippen MR) is 377 cm³/mol. The lowest BCUT2D eigenvalue weighted by molar-refractivity contribution is -0.156. The molecule has 550 valence electrons. The van der Waals surface area contributed by atoms with Crippen LogP contribution in [0.25, 0.3) is 11.1 Å². The van der Waals surface area contributed by atoms with Gasteiger partial charge in [-0.15, -0.1) is 0 Å². The van der Waals surface area contributed by atoms with E-state index in [9.17, 15) is 60.3 Å². The zero-order chi connectivity index (χ0) is 75.2. The van der Waals surface area contributed by atoms with Crippen molar-refractivity contribution >= 4 is 79.5 Å². The van der Waals surface area contributed by atoms with Crippen molar-refractivity contribution in [2.45, 2.75) is 224 Å². The van der Waals surface area contributed by atoms with E-state index < -0.39 is 139 Å². The molecule has 3 aliphatic rings. The fraction of sp³-hybridized carbons (Fsp3) is 0.514. The second-order valence-corrected chi connectivity index (χ2v) is 31.3. The van der Waals surface area contributed by atoms with Gasteiger partial charge in [0, 0.05) is 43.0 Å². The van der Waals surface area contributed by atoms with Crippen LogP contribution in [-0.2, 0) is 75.9 Å². The molecule has 7 rings (SSSR count). The molecule has 0 aromatic heterocycles. The summed E-state index contributed by atoms with van der Waals surface area (Å²) in [4.78, 5) is 118. The zero-order valence-corrected chi connectivity index (χ0v) is 61.7. The molecule has 13 N–H and O–H groups in total. The molecule has 0 saturated heterocycles. The molecule has 0 saturated carbocycles. The van der Waals surface area contributed by atoms with E-state index >= 15 is 0 Å². The Labute approximate surface area is 589 Å². The number of carboxylic acid groups (broad SMARTS) is 1. The summed E-state index contributed by atoms with van der Waals surface area (Å²) in [5, 5.41) is 24.3. The van der Waals surface area contributed by atoms with Crippen molar-refractivity contribution in [2.75, 3.05) is 19.7 Å². The van der Waals surface area contributed by atoms with Gasteiger partial charge in [-0.25, -0.2) is 31.1 Å². The molecule has 0 radical (unpaired) electrons. The Morgan fingerprint density at radius 3 is 1.37 bits per heavy atom. The van der Waals surface area contributed by atoms with Crippen LogP contribution in [0.15, 0.2) is 68.3 Å². The molecule has 2 heterocycles. The van der Waals surface area contributed by atoms with E-state index in [1.165, 1.54) is 20.8 Å². The third kappa shape index (κ3) is 19.5. The monoisotopic (exact) mass is 1440 g/mol. The molecule has 31 heteroatoms. The van der Waals surface area contributed by atoms with Gasteiger partial charge in [-0.2, -0.15) is 0 Å². The summed E-state index contributed by atoms with van der Waals surface area (Å²) in [5.41, 5.74) is 18.7. The predicted octanol–water partition coefficient (Wildman–Crippen LogP) is 4.62. The van der Waals surface area contributed by atoms with Crippen molar-refractivity contribution in [3.8, 4) is 22.6 Å². The van der Waals surface area contributed by atoms with Gasteiger partial charge in [-0.1, -0.05) is 48.5 Å². The number of hydrogen-bond donors (Lipinski definition) is 11. The average Bonchev–Trinajstić information content (AvgIpc) is 1.67. The molecular weight excluding hydrogens is 1340 g/mol. The largest absolute Gasteiger partial charge is 0.487 e. The number of fused-ring (bicyclic) bond motifs is 5. The van der Waals surface area contributed by atoms with Gasteiger partial charge in [0.1, 0.15) is 71.2 Å². The molecule has 2 aliphatic heterocycles. The number of nitrogens with two attached hydrogens (primary N) is 2. The highest BCUT2D eigenvalue weighted by atomic mass is 32.2. The number of alkyl carbamates (subject to hydrolysis) is 1. The lowest BCUT2D eigenvalue weighted by atomic mass is 9.94. The SMILES string of the molecule is Cc1c(C)c(S(=O)(=O)NC(N)=NCCC[C@H](NC(=O)OCC2c3ccccc3-c3ccccc32)C(=O)N[C@@H](C)C(=O)N[C@@H](CC(=O)OC(C)(C)C)C(=O)N[C@@H](C)C(=O)N[C@@H](CCCN=C(N)NS(=O)(=O)c2c(C)c(C)c3c(c2C)CC(C)(C)O3)C(=O)N[C@@H](C)C(=O)O)c(C)c2c1OC(C)(C)C2. The van der Waals surface area contributed by atoms with Gasteiger partial charge in [-0.3, -0.25) is 43.5 Å². The van der Waals surface area contributed by atoms with E-state index in [1.807, 2.05) is 76.2 Å².